The molecule has 0 N–H and O–H groups in total. The summed E-state index contributed by atoms with van der Waals surface area (Å²) >= 11 is 0. The van der Waals surface area contributed by atoms with E-state index in [2.05, 4.69) is 15.2 Å². The van der Waals surface area contributed by atoms with Crippen LogP contribution in [-0.2, 0) is 17.1 Å². The Morgan fingerprint density at radius 2 is 1.52 bits per heavy atom. The average molecular weight is 474 g/mol. The van der Waals surface area contributed by atoms with E-state index in [-0.39, 0.29) is 29.6 Å². The smallest absolute Gasteiger partial charge is 0.379 e. The van der Waals surface area contributed by atoms with Crippen LogP contribution >= 0.6 is 0 Å². The van der Waals surface area contributed by atoms with Crippen LogP contribution in [0.1, 0.15) is 36.8 Å². The Hall–Kier alpha value is -1.88. The molecule has 11 heteroatoms. The minimum absolute atomic E-state index is 0.0944. The third-order valence-electron chi connectivity index (χ3n) is 8.54. The molecule has 0 aromatic heterocycles. The van der Waals surface area contributed by atoms with Crippen molar-refractivity contribution in [3.05, 3.63) is 29.3 Å². The Morgan fingerprint density at radius 1 is 0.879 bits per heavy atom. The molecule has 0 radical (unpaired) electrons. The number of morpholine rings is 1. The van der Waals surface area contributed by atoms with Gasteiger partial charge in [-0.3, -0.25) is 4.90 Å². The third kappa shape index (κ3) is 3.00. The Morgan fingerprint density at radius 3 is 2.15 bits per heavy atom. The molecular formula is C22H24F6N4O. The van der Waals surface area contributed by atoms with Gasteiger partial charge in [0.05, 0.1) is 30.0 Å². The van der Waals surface area contributed by atoms with Crippen LogP contribution in [0.3, 0.4) is 0 Å². The van der Waals surface area contributed by atoms with Gasteiger partial charge < -0.3 is 4.74 Å². The van der Waals surface area contributed by atoms with E-state index in [0.29, 0.717) is 38.1 Å². The first kappa shape index (κ1) is 21.6. The minimum Gasteiger partial charge on any atom is -0.379 e. The number of hydrogen-bond donors (Lipinski definition) is 0. The molecule has 6 rings (SSSR count). The van der Waals surface area contributed by atoms with Crippen LogP contribution in [0, 0.1) is 23.7 Å². The molecule has 0 spiro atoms. The Balaban J connectivity index is 1.51. The second kappa shape index (κ2) is 7.07. The van der Waals surface area contributed by atoms with Crippen LogP contribution in [0.5, 0.6) is 0 Å². The van der Waals surface area contributed by atoms with Gasteiger partial charge in [0.25, 0.3) is 0 Å². The number of ether oxygens (including phenoxy) is 1. The molecule has 2 heterocycles. The summed E-state index contributed by atoms with van der Waals surface area (Å²) in [6, 6.07) is 1.49. The van der Waals surface area contributed by atoms with Crippen LogP contribution in [-0.4, -0.2) is 42.9 Å². The topological polar surface area (TPSA) is 40.4 Å². The number of fused-ring (bicyclic) bond motifs is 8. The van der Waals surface area contributed by atoms with Gasteiger partial charge in [0, 0.05) is 19.0 Å². The summed E-state index contributed by atoms with van der Waals surface area (Å²) in [5, 5.41) is 10.2. The standard InChI is InChI=1S/C22H24F6N4O/c23-21(24,25)12-8-13(22(26,27)28)10-14(9-12)32-20(31-4-6-33-7-5-31)18-11-17(19(20)29-30-32)15-2-1-3-16(15)18/h8-10,15-19H,1-7,11H2/t15-,16+,17+,18-,19-,20-/m0/s1. The maximum absolute atomic E-state index is 13.6. The van der Waals surface area contributed by atoms with E-state index in [9.17, 15) is 26.3 Å². The van der Waals surface area contributed by atoms with Gasteiger partial charge >= 0.3 is 12.4 Å². The predicted molar refractivity (Wildman–Crippen MR) is 105 cm³/mol. The lowest BCUT2D eigenvalue weighted by atomic mass is 9.71. The van der Waals surface area contributed by atoms with Gasteiger partial charge in [-0.2, -0.15) is 31.5 Å². The molecule has 1 aromatic rings. The van der Waals surface area contributed by atoms with E-state index < -0.39 is 29.1 Å². The molecular weight excluding hydrogens is 450 g/mol. The van der Waals surface area contributed by atoms with Gasteiger partial charge in [0.1, 0.15) is 11.7 Å². The van der Waals surface area contributed by atoms with Crippen molar-refractivity contribution in [3.63, 3.8) is 0 Å². The second-order valence-electron chi connectivity index (χ2n) is 9.87. The Labute approximate surface area is 186 Å². The van der Waals surface area contributed by atoms with Crippen molar-refractivity contribution in [2.24, 2.45) is 34.0 Å². The number of alkyl halides is 6. The van der Waals surface area contributed by atoms with E-state index in [1.165, 1.54) is 5.01 Å². The van der Waals surface area contributed by atoms with Crippen LogP contribution in [0.25, 0.3) is 0 Å². The lowest BCUT2D eigenvalue weighted by Gasteiger charge is -2.54. The highest BCUT2D eigenvalue weighted by Gasteiger charge is 2.73. The minimum atomic E-state index is -4.91. The van der Waals surface area contributed by atoms with Crippen molar-refractivity contribution in [1.29, 1.82) is 0 Å². The predicted octanol–water partition coefficient (Wildman–Crippen LogP) is 5.37. The molecule has 5 aliphatic rings. The van der Waals surface area contributed by atoms with E-state index >= 15 is 0 Å². The molecule has 4 fully saturated rings. The average Bonchev–Trinajstić information content (AvgIpc) is 3.51. The van der Waals surface area contributed by atoms with Gasteiger partial charge in [-0.1, -0.05) is 11.6 Å². The SMILES string of the molecule is FC(F)(F)c1cc(N2N=N[C@H]3[C@@H]4C[C@@H]([C@@H]5CCC[C@@H]54)[C@@]32N2CCOCC2)cc(C(F)(F)F)c1. The summed E-state index contributed by atoms with van der Waals surface area (Å²) < 4.78 is 87.1. The summed E-state index contributed by atoms with van der Waals surface area (Å²) in [5.41, 5.74) is -3.69. The van der Waals surface area contributed by atoms with E-state index in [1.54, 1.807) is 0 Å². The number of anilines is 1. The summed E-state index contributed by atoms with van der Waals surface area (Å²) in [6.07, 6.45) is -5.69. The Kier molecular flexibility index (Phi) is 4.63. The van der Waals surface area contributed by atoms with Crippen molar-refractivity contribution in [2.45, 2.75) is 49.7 Å². The van der Waals surface area contributed by atoms with Gasteiger partial charge in [-0.25, -0.2) is 5.01 Å². The number of benzene rings is 1. The first-order chi connectivity index (χ1) is 15.6. The van der Waals surface area contributed by atoms with Gasteiger partial charge in [0.2, 0.25) is 0 Å². The molecule has 1 aromatic carbocycles. The van der Waals surface area contributed by atoms with Crippen LogP contribution < -0.4 is 5.01 Å². The van der Waals surface area contributed by atoms with Crippen molar-refractivity contribution in [3.8, 4) is 0 Å². The lowest BCUT2D eigenvalue weighted by molar-refractivity contribution is -0.143. The van der Waals surface area contributed by atoms with Gasteiger partial charge in [-0.15, -0.1) is 0 Å². The maximum Gasteiger partial charge on any atom is 0.416 e. The highest BCUT2D eigenvalue weighted by atomic mass is 19.4. The first-order valence-corrected chi connectivity index (χ1v) is 11.4. The van der Waals surface area contributed by atoms with Crippen LogP contribution in [0.4, 0.5) is 32.0 Å². The quantitative estimate of drug-likeness (QED) is 0.541. The van der Waals surface area contributed by atoms with Crippen molar-refractivity contribution in [1.82, 2.24) is 4.90 Å². The zero-order valence-corrected chi connectivity index (χ0v) is 17.7. The number of hydrogen-bond acceptors (Lipinski definition) is 5. The fourth-order valence-electron chi connectivity index (χ4n) is 7.51. The fourth-order valence-corrected chi connectivity index (χ4v) is 7.51. The van der Waals surface area contributed by atoms with Gasteiger partial charge in [0.15, 0.2) is 0 Å². The summed E-state index contributed by atoms with van der Waals surface area (Å²) in [7, 11) is 0. The molecule has 0 unspecified atom stereocenters. The first-order valence-electron chi connectivity index (χ1n) is 11.4. The second-order valence-corrected chi connectivity index (χ2v) is 9.87. The Bertz CT molecular complexity index is 942. The normalized spacial score (nSPS) is 38.2. The van der Waals surface area contributed by atoms with E-state index in [0.717, 1.165) is 37.8 Å². The molecule has 1 saturated heterocycles. The number of rotatable bonds is 2. The summed E-state index contributed by atoms with van der Waals surface area (Å²) in [6.45, 7) is 2.02. The van der Waals surface area contributed by atoms with Crippen LogP contribution in [0.15, 0.2) is 28.5 Å². The molecule has 6 atom stereocenters. The number of nitrogens with zero attached hydrogens (tertiary/aromatic N) is 4. The van der Waals surface area contributed by atoms with E-state index in [1.807, 2.05) is 0 Å². The van der Waals surface area contributed by atoms with Crippen molar-refractivity contribution < 1.29 is 31.1 Å². The molecule has 180 valence electrons. The summed E-state index contributed by atoms with van der Waals surface area (Å²) in [5.74, 6) is 1.26. The third-order valence-corrected chi connectivity index (χ3v) is 8.54. The molecule has 3 saturated carbocycles. The monoisotopic (exact) mass is 474 g/mol. The van der Waals surface area contributed by atoms with Gasteiger partial charge in [-0.05, 0) is 55.2 Å². The number of halogens is 6. The largest absolute Gasteiger partial charge is 0.416 e. The molecule has 2 aliphatic heterocycles. The zero-order chi connectivity index (χ0) is 23.2. The zero-order valence-electron chi connectivity index (χ0n) is 17.7. The maximum atomic E-state index is 13.6. The molecule has 0 amide bonds. The van der Waals surface area contributed by atoms with Crippen molar-refractivity contribution in [2.75, 3.05) is 31.3 Å². The fraction of sp³-hybridized carbons (Fsp3) is 0.727. The van der Waals surface area contributed by atoms with Crippen molar-refractivity contribution >= 4 is 5.69 Å². The van der Waals surface area contributed by atoms with E-state index in [4.69, 9.17) is 4.74 Å². The molecule has 33 heavy (non-hydrogen) atoms. The summed E-state index contributed by atoms with van der Waals surface area (Å²) in [4.78, 5) is 2.17. The highest BCUT2D eigenvalue weighted by molar-refractivity contribution is 5.56. The lowest BCUT2D eigenvalue weighted by Crippen LogP contribution is -2.69. The molecule has 5 nitrogen and oxygen atoms in total. The molecule has 3 aliphatic carbocycles. The van der Waals surface area contributed by atoms with Crippen LogP contribution in [0.2, 0.25) is 0 Å². The highest BCUT2D eigenvalue weighted by Crippen LogP contribution is 2.67. The molecule has 2 bridgehead atoms.